The minimum Gasteiger partial charge on any atom is -0.464 e. The highest BCUT2D eigenvalue weighted by Crippen LogP contribution is 2.39. The number of carbonyl (C=O) groups excluding carboxylic acids is 2. The van der Waals surface area contributed by atoms with Crippen molar-refractivity contribution < 1.29 is 23.5 Å². The third kappa shape index (κ3) is 1.92. The van der Waals surface area contributed by atoms with Crippen LogP contribution in [0.3, 0.4) is 0 Å². The fourth-order valence-corrected chi connectivity index (χ4v) is 1.32. The van der Waals surface area contributed by atoms with Gasteiger partial charge in [-0.3, -0.25) is 4.79 Å². The third-order valence-electron chi connectivity index (χ3n) is 2.05. The Kier molecular flexibility index (Phi) is 2.55. The Morgan fingerprint density at radius 1 is 1.60 bits per heavy atom. The lowest BCUT2D eigenvalue weighted by atomic mass is 10.2. The van der Waals surface area contributed by atoms with E-state index in [4.69, 9.17) is 13.9 Å². The number of furan rings is 1. The Labute approximate surface area is 86.0 Å². The van der Waals surface area contributed by atoms with Crippen molar-refractivity contribution in [1.82, 2.24) is 0 Å². The second-order valence-electron chi connectivity index (χ2n) is 3.09. The summed E-state index contributed by atoms with van der Waals surface area (Å²) in [6.45, 7) is 2.05. The van der Waals surface area contributed by atoms with Crippen LogP contribution in [0.25, 0.3) is 0 Å². The summed E-state index contributed by atoms with van der Waals surface area (Å²) in [7, 11) is 0. The molecule has 80 valence electrons. The average molecular weight is 210 g/mol. The molecule has 2 atom stereocenters. The van der Waals surface area contributed by atoms with E-state index in [0.29, 0.717) is 18.7 Å². The lowest BCUT2D eigenvalue weighted by Gasteiger charge is -1.95. The highest BCUT2D eigenvalue weighted by Gasteiger charge is 2.49. The molecule has 0 amide bonds. The number of rotatable bonds is 4. The van der Waals surface area contributed by atoms with Gasteiger partial charge >= 0.3 is 5.97 Å². The molecule has 0 bridgehead atoms. The van der Waals surface area contributed by atoms with Crippen LogP contribution in [0.4, 0.5) is 0 Å². The molecule has 1 fully saturated rings. The highest BCUT2D eigenvalue weighted by atomic mass is 16.6. The van der Waals surface area contributed by atoms with Crippen LogP contribution in [0.2, 0.25) is 0 Å². The first-order chi connectivity index (χ1) is 7.26. The molecule has 0 saturated carbocycles. The van der Waals surface area contributed by atoms with E-state index in [2.05, 4.69) is 0 Å². The lowest BCUT2D eigenvalue weighted by molar-refractivity contribution is -0.144. The summed E-state index contributed by atoms with van der Waals surface area (Å²) in [6, 6.07) is 3.15. The molecule has 0 spiro atoms. The normalized spacial score (nSPS) is 23.5. The minimum atomic E-state index is -0.587. The van der Waals surface area contributed by atoms with E-state index >= 15 is 0 Å². The van der Waals surface area contributed by atoms with Gasteiger partial charge in [0.2, 0.25) is 0 Å². The molecule has 0 N–H and O–H groups in total. The molecular weight excluding hydrogens is 200 g/mol. The zero-order chi connectivity index (χ0) is 10.8. The molecule has 1 aliphatic heterocycles. The summed E-state index contributed by atoms with van der Waals surface area (Å²) in [5.41, 5.74) is 0. The Morgan fingerprint density at radius 3 is 3.00 bits per heavy atom. The maximum atomic E-state index is 11.2. The van der Waals surface area contributed by atoms with Crippen molar-refractivity contribution in [2.75, 3.05) is 6.61 Å². The molecule has 5 nitrogen and oxygen atoms in total. The summed E-state index contributed by atoms with van der Waals surface area (Å²) in [5.74, 6) is 0.310. The number of hydrogen-bond acceptors (Lipinski definition) is 5. The molecule has 15 heavy (non-hydrogen) atoms. The Bertz CT molecular complexity index is 381. The van der Waals surface area contributed by atoms with Gasteiger partial charge in [0, 0.05) is 0 Å². The van der Waals surface area contributed by atoms with Gasteiger partial charge in [0.05, 0.1) is 6.61 Å². The Hall–Kier alpha value is -1.62. The smallest absolute Gasteiger partial charge is 0.338 e. The SMILES string of the molecule is CCOC(=O)[C@@H]1O[C@H]1c1ccc(C=O)o1. The first-order valence-corrected chi connectivity index (χ1v) is 4.63. The number of hydrogen-bond donors (Lipinski definition) is 0. The van der Waals surface area contributed by atoms with E-state index in [1.54, 1.807) is 13.0 Å². The van der Waals surface area contributed by atoms with Crippen LogP contribution in [0.15, 0.2) is 16.5 Å². The quantitative estimate of drug-likeness (QED) is 0.422. The third-order valence-corrected chi connectivity index (χ3v) is 2.05. The maximum Gasteiger partial charge on any atom is 0.338 e. The second-order valence-corrected chi connectivity index (χ2v) is 3.09. The van der Waals surface area contributed by atoms with Crippen LogP contribution in [-0.4, -0.2) is 25.0 Å². The highest BCUT2D eigenvalue weighted by molar-refractivity contribution is 5.78. The van der Waals surface area contributed by atoms with Crippen molar-refractivity contribution in [1.29, 1.82) is 0 Å². The molecule has 0 unspecified atom stereocenters. The molecule has 0 aromatic carbocycles. The van der Waals surface area contributed by atoms with Gasteiger partial charge in [0.15, 0.2) is 24.3 Å². The maximum absolute atomic E-state index is 11.2. The number of carbonyl (C=O) groups is 2. The van der Waals surface area contributed by atoms with Gasteiger partial charge < -0.3 is 13.9 Å². The van der Waals surface area contributed by atoms with Crippen LogP contribution in [0, 0.1) is 0 Å². The van der Waals surface area contributed by atoms with Crippen molar-refractivity contribution in [3.63, 3.8) is 0 Å². The van der Waals surface area contributed by atoms with E-state index in [-0.39, 0.29) is 5.76 Å². The average Bonchev–Trinajstić information content (AvgIpc) is 2.90. The molecule has 5 heteroatoms. The molecule has 0 aliphatic carbocycles. The molecule has 1 saturated heterocycles. The molecule has 1 aromatic heterocycles. The summed E-state index contributed by atoms with van der Waals surface area (Å²) in [4.78, 5) is 21.6. The zero-order valence-corrected chi connectivity index (χ0v) is 8.14. The van der Waals surface area contributed by atoms with Gasteiger partial charge in [-0.25, -0.2) is 4.79 Å². The second kappa shape index (κ2) is 3.86. The number of epoxide rings is 1. The fourth-order valence-electron chi connectivity index (χ4n) is 1.32. The zero-order valence-electron chi connectivity index (χ0n) is 8.14. The Balaban J connectivity index is 1.98. The summed E-state index contributed by atoms with van der Waals surface area (Å²) < 4.78 is 15.0. The monoisotopic (exact) mass is 210 g/mol. The number of esters is 1. The van der Waals surface area contributed by atoms with Crippen LogP contribution >= 0.6 is 0 Å². The van der Waals surface area contributed by atoms with Gasteiger partial charge in [0.25, 0.3) is 0 Å². The van der Waals surface area contributed by atoms with E-state index in [9.17, 15) is 9.59 Å². The van der Waals surface area contributed by atoms with Crippen molar-refractivity contribution >= 4 is 12.3 Å². The number of ether oxygens (including phenoxy) is 2. The fraction of sp³-hybridized carbons (Fsp3) is 0.400. The number of aldehydes is 1. The van der Waals surface area contributed by atoms with Gasteiger partial charge in [0.1, 0.15) is 5.76 Å². The largest absolute Gasteiger partial charge is 0.464 e. The molecular formula is C10H10O5. The molecule has 2 rings (SSSR count). The summed E-state index contributed by atoms with van der Waals surface area (Å²) in [6.07, 6.45) is -0.390. The molecule has 0 radical (unpaired) electrons. The predicted octanol–water partition coefficient (Wildman–Crippen LogP) is 1.10. The van der Waals surface area contributed by atoms with Crippen molar-refractivity contribution in [2.45, 2.75) is 19.1 Å². The van der Waals surface area contributed by atoms with Crippen LogP contribution in [-0.2, 0) is 14.3 Å². The van der Waals surface area contributed by atoms with E-state index in [1.165, 1.54) is 6.07 Å². The predicted molar refractivity (Wildman–Crippen MR) is 48.3 cm³/mol. The van der Waals surface area contributed by atoms with Gasteiger partial charge in [-0.15, -0.1) is 0 Å². The van der Waals surface area contributed by atoms with E-state index in [0.717, 1.165) is 0 Å². The van der Waals surface area contributed by atoms with Crippen molar-refractivity contribution in [3.8, 4) is 0 Å². The van der Waals surface area contributed by atoms with E-state index < -0.39 is 18.2 Å². The minimum absolute atomic E-state index is 0.225. The van der Waals surface area contributed by atoms with E-state index in [1.807, 2.05) is 0 Å². The van der Waals surface area contributed by atoms with Crippen molar-refractivity contribution in [3.05, 3.63) is 23.7 Å². The van der Waals surface area contributed by atoms with Gasteiger partial charge in [-0.05, 0) is 19.1 Å². The van der Waals surface area contributed by atoms with Crippen LogP contribution in [0.5, 0.6) is 0 Å². The standard InChI is InChI=1S/C10H10O5/c1-2-13-10(12)9-8(15-9)7-4-3-6(5-11)14-7/h3-5,8-9H,2H2,1H3/t8-,9+/m0/s1. The first kappa shape index (κ1) is 9.92. The molecule has 1 aliphatic rings. The first-order valence-electron chi connectivity index (χ1n) is 4.63. The summed E-state index contributed by atoms with van der Waals surface area (Å²) in [5, 5.41) is 0. The molecule has 2 heterocycles. The van der Waals surface area contributed by atoms with Crippen molar-refractivity contribution in [2.24, 2.45) is 0 Å². The molecule has 1 aromatic rings. The van der Waals surface area contributed by atoms with Crippen LogP contribution in [0.1, 0.15) is 29.3 Å². The topological polar surface area (TPSA) is 69.0 Å². The lowest BCUT2D eigenvalue weighted by Crippen LogP contribution is -2.11. The van der Waals surface area contributed by atoms with Gasteiger partial charge in [-0.2, -0.15) is 0 Å². The van der Waals surface area contributed by atoms with Crippen LogP contribution < -0.4 is 0 Å². The summed E-state index contributed by atoms with van der Waals surface area (Å²) >= 11 is 0. The Morgan fingerprint density at radius 2 is 2.40 bits per heavy atom. The van der Waals surface area contributed by atoms with Gasteiger partial charge in [-0.1, -0.05) is 0 Å².